The minimum absolute atomic E-state index is 0.101. The van der Waals surface area contributed by atoms with Crippen molar-refractivity contribution >= 4 is 21.6 Å². The van der Waals surface area contributed by atoms with E-state index in [1.165, 1.54) is 60.9 Å². The molecule has 3 rings (SSSR count). The highest BCUT2D eigenvalue weighted by atomic mass is 32.2. The number of sulfonamides is 1. The van der Waals surface area contributed by atoms with Gasteiger partial charge in [0.1, 0.15) is 23.1 Å². The third-order valence-corrected chi connectivity index (χ3v) is 5.78. The Bertz CT molecular complexity index is 1070. The molecule has 150 valence electrons. The van der Waals surface area contributed by atoms with E-state index < -0.39 is 34.1 Å². The molecule has 1 aromatic heterocycles. The number of aromatic nitrogens is 1. The monoisotopic (exact) mass is 417 g/mol. The molecule has 6 nitrogen and oxygen atoms in total. The number of pyridine rings is 1. The number of halogens is 2. The summed E-state index contributed by atoms with van der Waals surface area (Å²) in [5, 5.41) is 2.60. The first-order valence-electron chi connectivity index (χ1n) is 8.56. The number of anilines is 1. The maximum atomic E-state index is 13.3. The van der Waals surface area contributed by atoms with Gasteiger partial charge in [0.05, 0.1) is 5.69 Å². The zero-order chi connectivity index (χ0) is 20.9. The summed E-state index contributed by atoms with van der Waals surface area (Å²) in [5.41, 5.74) is 0.787. The highest BCUT2D eigenvalue weighted by Crippen LogP contribution is 2.23. The van der Waals surface area contributed by atoms with Crippen molar-refractivity contribution in [3.05, 3.63) is 90.3 Å². The summed E-state index contributed by atoms with van der Waals surface area (Å²) in [6.07, 6.45) is 2.60. The average Bonchev–Trinajstić information content (AvgIpc) is 2.73. The number of carbonyl (C=O) groups is 1. The van der Waals surface area contributed by atoms with Crippen LogP contribution in [-0.4, -0.2) is 25.9 Å². The van der Waals surface area contributed by atoms with Gasteiger partial charge >= 0.3 is 0 Å². The molecular weight excluding hydrogens is 400 g/mol. The van der Waals surface area contributed by atoms with Crippen LogP contribution in [-0.2, 0) is 21.4 Å². The maximum Gasteiger partial charge on any atom is 0.266 e. The van der Waals surface area contributed by atoms with E-state index in [1.54, 1.807) is 0 Å². The van der Waals surface area contributed by atoms with Crippen LogP contribution in [0.5, 0.6) is 0 Å². The Labute approximate surface area is 166 Å². The highest BCUT2D eigenvalue weighted by Gasteiger charge is 2.27. The van der Waals surface area contributed by atoms with Gasteiger partial charge < -0.3 is 5.32 Å². The number of hydrogen-bond acceptors (Lipinski definition) is 4. The third-order valence-electron chi connectivity index (χ3n) is 4.03. The third kappa shape index (κ3) is 5.14. The number of carbonyl (C=O) groups excluding carboxylic acids is 1. The molecule has 2 aromatic carbocycles. The number of rotatable bonds is 7. The Morgan fingerprint density at radius 1 is 0.966 bits per heavy atom. The molecule has 0 aliphatic rings. The quantitative estimate of drug-likeness (QED) is 0.641. The van der Waals surface area contributed by atoms with Crippen LogP contribution in [0.25, 0.3) is 0 Å². The highest BCUT2D eigenvalue weighted by molar-refractivity contribution is 7.92. The SMILES string of the molecule is O=C(CN(c1ccc(F)cc1)S(=O)(=O)c1cccnc1)NCc1ccc(F)cc1. The van der Waals surface area contributed by atoms with Gasteiger partial charge in [0.2, 0.25) is 5.91 Å². The van der Waals surface area contributed by atoms with Crippen molar-refractivity contribution in [3.63, 3.8) is 0 Å². The Hall–Kier alpha value is -3.33. The molecule has 3 aromatic rings. The van der Waals surface area contributed by atoms with Crippen molar-refractivity contribution in [2.75, 3.05) is 10.8 Å². The Balaban J connectivity index is 1.82. The molecule has 1 amide bonds. The molecule has 0 unspecified atom stereocenters. The molecule has 0 radical (unpaired) electrons. The molecule has 0 spiro atoms. The summed E-state index contributed by atoms with van der Waals surface area (Å²) in [7, 11) is -4.11. The molecule has 0 bridgehead atoms. The fourth-order valence-electron chi connectivity index (χ4n) is 2.54. The lowest BCUT2D eigenvalue weighted by molar-refractivity contribution is -0.119. The van der Waals surface area contributed by atoms with Crippen molar-refractivity contribution < 1.29 is 22.0 Å². The second-order valence-electron chi connectivity index (χ2n) is 6.08. The fourth-order valence-corrected chi connectivity index (χ4v) is 3.92. The van der Waals surface area contributed by atoms with Gasteiger partial charge in [-0.25, -0.2) is 17.2 Å². The normalized spacial score (nSPS) is 11.1. The van der Waals surface area contributed by atoms with Crippen LogP contribution >= 0.6 is 0 Å². The van der Waals surface area contributed by atoms with Gasteiger partial charge in [-0.05, 0) is 54.1 Å². The standard InChI is InChI=1S/C20H17F2N3O3S/c21-16-5-3-15(4-6-16)12-24-20(26)14-25(18-9-7-17(22)8-10-18)29(27,28)19-2-1-11-23-13-19/h1-11,13H,12,14H2,(H,24,26). The van der Waals surface area contributed by atoms with E-state index in [0.717, 1.165) is 16.4 Å². The molecule has 0 aliphatic carbocycles. The molecule has 29 heavy (non-hydrogen) atoms. The topological polar surface area (TPSA) is 79.4 Å². The van der Waals surface area contributed by atoms with Crippen molar-refractivity contribution in [2.24, 2.45) is 0 Å². The maximum absolute atomic E-state index is 13.3. The van der Waals surface area contributed by atoms with Crippen LogP contribution in [0, 0.1) is 11.6 Å². The minimum atomic E-state index is -4.11. The van der Waals surface area contributed by atoms with E-state index in [4.69, 9.17) is 0 Å². The fraction of sp³-hybridized carbons (Fsp3) is 0.100. The number of nitrogens with zero attached hydrogens (tertiary/aromatic N) is 2. The van der Waals surface area contributed by atoms with Gasteiger partial charge in [-0.2, -0.15) is 0 Å². The van der Waals surface area contributed by atoms with Crippen LogP contribution in [0.4, 0.5) is 14.5 Å². The van der Waals surface area contributed by atoms with Crippen molar-refractivity contribution in [3.8, 4) is 0 Å². The van der Waals surface area contributed by atoms with Gasteiger partial charge in [-0.3, -0.25) is 14.1 Å². The van der Waals surface area contributed by atoms with Crippen LogP contribution in [0.15, 0.2) is 78.0 Å². The first-order valence-corrected chi connectivity index (χ1v) is 10.00. The molecule has 0 fully saturated rings. The predicted octanol–water partition coefficient (Wildman–Crippen LogP) is 2.87. The Kier molecular flexibility index (Phi) is 6.18. The van der Waals surface area contributed by atoms with Gasteiger partial charge in [0, 0.05) is 18.9 Å². The van der Waals surface area contributed by atoms with Crippen LogP contribution < -0.4 is 9.62 Å². The average molecular weight is 417 g/mol. The first kappa shape index (κ1) is 20.4. The predicted molar refractivity (Wildman–Crippen MR) is 103 cm³/mol. The summed E-state index contributed by atoms with van der Waals surface area (Å²) in [5.74, 6) is -1.51. The van der Waals surface area contributed by atoms with Crippen LogP contribution in [0.3, 0.4) is 0 Å². The zero-order valence-electron chi connectivity index (χ0n) is 15.1. The molecule has 1 N–H and O–H groups in total. The van der Waals surface area contributed by atoms with Gasteiger partial charge in [0.25, 0.3) is 10.0 Å². The summed E-state index contributed by atoms with van der Waals surface area (Å²) in [6.45, 7) is -0.423. The second kappa shape index (κ2) is 8.78. The van der Waals surface area contributed by atoms with Gasteiger partial charge in [-0.15, -0.1) is 0 Å². The van der Waals surface area contributed by atoms with Gasteiger partial charge in [-0.1, -0.05) is 12.1 Å². The lowest BCUT2D eigenvalue weighted by atomic mass is 10.2. The molecule has 1 heterocycles. The van der Waals surface area contributed by atoms with E-state index in [1.807, 2.05) is 0 Å². The van der Waals surface area contributed by atoms with E-state index >= 15 is 0 Å². The van der Waals surface area contributed by atoms with E-state index in [0.29, 0.717) is 5.56 Å². The molecule has 0 saturated carbocycles. The summed E-state index contributed by atoms with van der Waals surface area (Å²) >= 11 is 0. The summed E-state index contributed by atoms with van der Waals surface area (Å²) < 4.78 is 53.2. The van der Waals surface area contributed by atoms with Crippen molar-refractivity contribution in [1.82, 2.24) is 10.3 Å². The Morgan fingerprint density at radius 3 is 2.17 bits per heavy atom. The van der Waals surface area contributed by atoms with Gasteiger partial charge in [0.15, 0.2) is 0 Å². The summed E-state index contributed by atoms with van der Waals surface area (Å²) in [6, 6.07) is 13.1. The zero-order valence-corrected chi connectivity index (χ0v) is 15.9. The minimum Gasteiger partial charge on any atom is -0.350 e. The number of hydrogen-bond donors (Lipinski definition) is 1. The molecule has 0 aliphatic heterocycles. The first-order chi connectivity index (χ1) is 13.9. The molecular formula is C20H17F2N3O3S. The molecule has 0 saturated heterocycles. The second-order valence-corrected chi connectivity index (χ2v) is 7.94. The van der Waals surface area contributed by atoms with Crippen molar-refractivity contribution in [2.45, 2.75) is 11.4 Å². The lowest BCUT2D eigenvalue weighted by Gasteiger charge is -2.24. The molecule has 0 atom stereocenters. The van der Waals surface area contributed by atoms with E-state index in [-0.39, 0.29) is 17.1 Å². The van der Waals surface area contributed by atoms with Crippen LogP contribution in [0.2, 0.25) is 0 Å². The number of amides is 1. The number of nitrogens with one attached hydrogen (secondary N) is 1. The molecule has 9 heteroatoms. The number of benzene rings is 2. The lowest BCUT2D eigenvalue weighted by Crippen LogP contribution is -2.40. The van der Waals surface area contributed by atoms with Crippen molar-refractivity contribution in [1.29, 1.82) is 0 Å². The largest absolute Gasteiger partial charge is 0.350 e. The van der Waals surface area contributed by atoms with E-state index in [9.17, 15) is 22.0 Å². The Morgan fingerprint density at radius 2 is 1.59 bits per heavy atom. The smallest absolute Gasteiger partial charge is 0.266 e. The van der Waals surface area contributed by atoms with Crippen LogP contribution in [0.1, 0.15) is 5.56 Å². The summed E-state index contributed by atoms with van der Waals surface area (Å²) in [4.78, 5) is 16.1. The van der Waals surface area contributed by atoms with E-state index in [2.05, 4.69) is 10.3 Å².